The van der Waals surface area contributed by atoms with Gasteiger partial charge in [-0.15, -0.1) is 0 Å². The van der Waals surface area contributed by atoms with Crippen LogP contribution in [0.15, 0.2) is 65.5 Å². The van der Waals surface area contributed by atoms with Gasteiger partial charge in [-0.1, -0.05) is 35.9 Å². The number of ether oxygens (including phenoxy) is 2. The van der Waals surface area contributed by atoms with Crippen LogP contribution in [0.1, 0.15) is 21.5 Å². The average Bonchev–Trinajstić information content (AvgIpc) is 2.72. The number of rotatable bonds is 8. The molecule has 6 heteroatoms. The van der Waals surface area contributed by atoms with Crippen molar-refractivity contribution >= 4 is 5.91 Å². The van der Waals surface area contributed by atoms with Gasteiger partial charge in [0.15, 0.2) is 0 Å². The Balaban J connectivity index is 1.65. The molecule has 29 heavy (non-hydrogen) atoms. The maximum absolute atomic E-state index is 12.5. The van der Waals surface area contributed by atoms with Crippen LogP contribution in [0.3, 0.4) is 0 Å². The van der Waals surface area contributed by atoms with Gasteiger partial charge in [0.2, 0.25) is 0 Å². The number of hydrogen-bond acceptors (Lipinski definition) is 4. The lowest BCUT2D eigenvalue weighted by Gasteiger charge is -2.09. The number of aryl methyl sites for hydroxylation is 1. The van der Waals surface area contributed by atoms with E-state index >= 15 is 0 Å². The fraction of sp³-hybridized carbons (Fsp3) is 0.217. The maximum atomic E-state index is 12.5. The molecule has 2 N–H and O–H groups in total. The van der Waals surface area contributed by atoms with E-state index in [1.54, 1.807) is 19.2 Å². The quantitative estimate of drug-likeness (QED) is 0.577. The Bertz CT molecular complexity index is 1040. The Morgan fingerprint density at radius 3 is 2.62 bits per heavy atom. The lowest BCUT2D eigenvalue weighted by atomic mass is 10.1. The van der Waals surface area contributed by atoms with E-state index in [0.29, 0.717) is 31.2 Å². The molecule has 0 saturated heterocycles. The van der Waals surface area contributed by atoms with E-state index in [-0.39, 0.29) is 5.56 Å². The third-order valence-corrected chi connectivity index (χ3v) is 4.39. The lowest BCUT2D eigenvalue weighted by molar-refractivity contribution is 0.0949. The van der Waals surface area contributed by atoms with Gasteiger partial charge in [0.05, 0.1) is 6.61 Å². The SMILES string of the molecule is COCCOc1cccc(CNC(=O)c2ccc(-c3cccc(C)c3)[nH]c2=O)c1. The first kappa shape index (κ1) is 20.4. The smallest absolute Gasteiger partial charge is 0.261 e. The molecule has 0 bridgehead atoms. The van der Waals surface area contributed by atoms with Crippen LogP contribution in [-0.2, 0) is 11.3 Å². The molecule has 1 amide bonds. The highest BCUT2D eigenvalue weighted by Crippen LogP contribution is 2.17. The number of pyridine rings is 1. The van der Waals surface area contributed by atoms with E-state index < -0.39 is 11.5 Å². The Morgan fingerprint density at radius 2 is 1.86 bits per heavy atom. The molecule has 0 aliphatic carbocycles. The Kier molecular flexibility index (Phi) is 6.81. The first-order valence-corrected chi connectivity index (χ1v) is 9.36. The van der Waals surface area contributed by atoms with Crippen LogP contribution >= 0.6 is 0 Å². The Hall–Kier alpha value is -3.38. The number of nitrogens with one attached hydrogen (secondary N) is 2. The summed E-state index contributed by atoms with van der Waals surface area (Å²) in [6.45, 7) is 3.23. The largest absolute Gasteiger partial charge is 0.491 e. The number of aromatic amines is 1. The third kappa shape index (κ3) is 5.56. The summed E-state index contributed by atoms with van der Waals surface area (Å²) in [6, 6.07) is 18.5. The molecule has 150 valence electrons. The van der Waals surface area contributed by atoms with Crippen molar-refractivity contribution < 1.29 is 14.3 Å². The third-order valence-electron chi connectivity index (χ3n) is 4.39. The Labute approximate surface area is 169 Å². The molecule has 0 saturated carbocycles. The van der Waals surface area contributed by atoms with Crippen LogP contribution in [0.2, 0.25) is 0 Å². The van der Waals surface area contributed by atoms with Gasteiger partial charge in [-0.3, -0.25) is 9.59 Å². The lowest BCUT2D eigenvalue weighted by Crippen LogP contribution is -2.29. The fourth-order valence-electron chi connectivity index (χ4n) is 2.90. The van der Waals surface area contributed by atoms with Crippen molar-refractivity contribution in [1.29, 1.82) is 0 Å². The molecule has 0 fully saturated rings. The summed E-state index contributed by atoms with van der Waals surface area (Å²) >= 11 is 0. The van der Waals surface area contributed by atoms with Crippen LogP contribution in [-0.4, -0.2) is 31.2 Å². The van der Waals surface area contributed by atoms with Crippen LogP contribution in [0.4, 0.5) is 0 Å². The number of carbonyl (C=O) groups is 1. The molecule has 3 aromatic rings. The molecule has 2 aromatic carbocycles. The van der Waals surface area contributed by atoms with E-state index in [4.69, 9.17) is 9.47 Å². The predicted molar refractivity (Wildman–Crippen MR) is 112 cm³/mol. The minimum absolute atomic E-state index is 0.0777. The van der Waals surface area contributed by atoms with Gasteiger partial charge in [-0.25, -0.2) is 0 Å². The van der Waals surface area contributed by atoms with Crippen LogP contribution in [0, 0.1) is 6.92 Å². The summed E-state index contributed by atoms with van der Waals surface area (Å²) in [7, 11) is 1.62. The highest BCUT2D eigenvalue weighted by Gasteiger charge is 2.11. The molecular weight excluding hydrogens is 368 g/mol. The van der Waals surface area contributed by atoms with Crippen molar-refractivity contribution in [3.8, 4) is 17.0 Å². The summed E-state index contributed by atoms with van der Waals surface area (Å²) in [5, 5.41) is 2.78. The molecule has 0 aliphatic rings. The summed E-state index contributed by atoms with van der Waals surface area (Å²) in [6.07, 6.45) is 0. The summed E-state index contributed by atoms with van der Waals surface area (Å²) in [5.41, 5.74) is 3.21. The number of methoxy groups -OCH3 is 1. The van der Waals surface area contributed by atoms with Crippen molar-refractivity contribution in [2.75, 3.05) is 20.3 Å². The van der Waals surface area contributed by atoms with E-state index in [0.717, 1.165) is 16.7 Å². The minimum Gasteiger partial charge on any atom is -0.491 e. The van der Waals surface area contributed by atoms with Crippen LogP contribution < -0.4 is 15.6 Å². The Morgan fingerprint density at radius 1 is 1.03 bits per heavy atom. The fourth-order valence-corrected chi connectivity index (χ4v) is 2.90. The van der Waals surface area contributed by atoms with Gasteiger partial charge in [0.25, 0.3) is 11.5 Å². The summed E-state index contributed by atoms with van der Waals surface area (Å²) in [5.74, 6) is 0.280. The average molecular weight is 392 g/mol. The second-order valence-electron chi connectivity index (χ2n) is 6.66. The number of H-pyrrole nitrogens is 1. The highest BCUT2D eigenvalue weighted by atomic mass is 16.5. The van der Waals surface area contributed by atoms with E-state index in [2.05, 4.69) is 10.3 Å². The summed E-state index contributed by atoms with van der Waals surface area (Å²) in [4.78, 5) is 27.6. The van der Waals surface area contributed by atoms with Gasteiger partial charge in [-0.2, -0.15) is 0 Å². The molecular formula is C23H24N2O4. The van der Waals surface area contributed by atoms with Crippen molar-refractivity contribution in [2.45, 2.75) is 13.5 Å². The standard InChI is InChI=1S/C23H24N2O4/c1-16-5-3-7-18(13-16)21-10-9-20(23(27)25-21)22(26)24-15-17-6-4-8-19(14-17)29-12-11-28-2/h3-10,13-14H,11-12,15H2,1-2H3,(H,24,26)(H,25,27). The molecule has 1 aromatic heterocycles. The van der Waals surface area contributed by atoms with Crippen molar-refractivity contribution in [3.05, 3.63) is 87.7 Å². The topological polar surface area (TPSA) is 80.4 Å². The molecule has 6 nitrogen and oxygen atoms in total. The molecule has 0 atom stereocenters. The number of amides is 1. The monoisotopic (exact) mass is 392 g/mol. The zero-order chi connectivity index (χ0) is 20.6. The predicted octanol–water partition coefficient (Wildman–Crippen LogP) is 3.31. The molecule has 0 unspecified atom stereocenters. The molecule has 1 heterocycles. The van der Waals surface area contributed by atoms with Crippen LogP contribution in [0.5, 0.6) is 5.75 Å². The van der Waals surface area contributed by atoms with Crippen molar-refractivity contribution in [2.24, 2.45) is 0 Å². The van der Waals surface area contributed by atoms with Crippen molar-refractivity contribution in [3.63, 3.8) is 0 Å². The van der Waals surface area contributed by atoms with Gasteiger partial charge in [0.1, 0.15) is 17.9 Å². The molecule has 0 radical (unpaired) electrons. The van der Waals surface area contributed by atoms with Gasteiger partial charge < -0.3 is 19.8 Å². The highest BCUT2D eigenvalue weighted by molar-refractivity contribution is 5.94. The number of benzene rings is 2. The van der Waals surface area contributed by atoms with Crippen molar-refractivity contribution in [1.82, 2.24) is 10.3 Å². The number of aromatic nitrogens is 1. The molecule has 0 spiro atoms. The maximum Gasteiger partial charge on any atom is 0.261 e. The van der Waals surface area contributed by atoms with Crippen LogP contribution in [0.25, 0.3) is 11.3 Å². The molecule has 0 aliphatic heterocycles. The van der Waals surface area contributed by atoms with E-state index in [9.17, 15) is 9.59 Å². The number of carbonyl (C=O) groups excluding carboxylic acids is 1. The zero-order valence-corrected chi connectivity index (χ0v) is 16.5. The normalized spacial score (nSPS) is 10.6. The zero-order valence-electron chi connectivity index (χ0n) is 16.5. The molecule has 3 rings (SSSR count). The van der Waals surface area contributed by atoms with E-state index in [1.165, 1.54) is 0 Å². The van der Waals surface area contributed by atoms with Gasteiger partial charge in [-0.05, 0) is 48.4 Å². The first-order chi connectivity index (χ1) is 14.1. The van der Waals surface area contributed by atoms with Gasteiger partial charge >= 0.3 is 0 Å². The first-order valence-electron chi connectivity index (χ1n) is 9.36. The van der Waals surface area contributed by atoms with Gasteiger partial charge in [0, 0.05) is 19.3 Å². The second kappa shape index (κ2) is 9.71. The number of hydrogen-bond donors (Lipinski definition) is 2. The second-order valence-corrected chi connectivity index (χ2v) is 6.66. The van der Waals surface area contributed by atoms with E-state index in [1.807, 2.05) is 55.5 Å². The summed E-state index contributed by atoms with van der Waals surface area (Å²) < 4.78 is 10.5. The minimum atomic E-state index is -0.423.